The molecule has 0 amide bonds. The summed E-state index contributed by atoms with van der Waals surface area (Å²) >= 11 is 0. The highest BCUT2D eigenvalue weighted by atomic mass is 16.6. The molecule has 1 aromatic carbocycles. The second-order valence-corrected chi connectivity index (χ2v) is 5.20. The molecule has 0 unspecified atom stereocenters. The van der Waals surface area contributed by atoms with E-state index >= 15 is 0 Å². The van der Waals surface area contributed by atoms with Crippen LogP contribution in [0.2, 0.25) is 0 Å². The third-order valence-electron chi connectivity index (χ3n) is 3.71. The lowest BCUT2D eigenvalue weighted by molar-refractivity contribution is -0.163. The van der Waals surface area contributed by atoms with Crippen molar-refractivity contribution in [2.24, 2.45) is 0 Å². The first-order valence-corrected chi connectivity index (χ1v) is 7.62. The Morgan fingerprint density at radius 2 is 1.43 bits per heavy atom. The van der Waals surface area contributed by atoms with Crippen LogP contribution in [0.1, 0.15) is 26.3 Å². The number of ether oxygens (including phenoxy) is 2. The lowest BCUT2D eigenvalue weighted by Crippen LogP contribution is -2.43. The third kappa shape index (κ3) is 3.28. The normalized spacial score (nSPS) is 11.1. The Morgan fingerprint density at radius 1 is 0.957 bits per heavy atom. The number of hydrogen-bond acceptors (Lipinski definition) is 4. The van der Waals surface area contributed by atoms with E-state index in [1.807, 2.05) is 41.2 Å². The van der Waals surface area contributed by atoms with Gasteiger partial charge in [-0.2, -0.15) is 0 Å². The highest BCUT2D eigenvalue weighted by Crippen LogP contribution is 2.28. The third-order valence-corrected chi connectivity index (χ3v) is 3.71. The summed E-state index contributed by atoms with van der Waals surface area (Å²) in [4.78, 5) is 24.7. The molecule has 0 spiro atoms. The summed E-state index contributed by atoms with van der Waals surface area (Å²) in [5, 5.41) is 0. The van der Waals surface area contributed by atoms with Crippen molar-refractivity contribution in [3.63, 3.8) is 0 Å². The second-order valence-electron chi connectivity index (χ2n) is 5.20. The van der Waals surface area contributed by atoms with Crippen LogP contribution in [0.15, 0.2) is 48.8 Å². The molecule has 2 aromatic rings. The van der Waals surface area contributed by atoms with Gasteiger partial charge >= 0.3 is 11.9 Å². The number of nitrogens with zero attached hydrogens (tertiary/aromatic N) is 1. The van der Waals surface area contributed by atoms with E-state index in [4.69, 9.17) is 9.47 Å². The highest BCUT2D eigenvalue weighted by Gasteiger charge is 2.46. The summed E-state index contributed by atoms with van der Waals surface area (Å²) in [6.07, 6.45) is 3.84. The average molecular weight is 315 g/mol. The van der Waals surface area contributed by atoms with Crippen LogP contribution in [-0.4, -0.2) is 29.7 Å². The van der Waals surface area contributed by atoms with Gasteiger partial charge in [0, 0.05) is 18.1 Å². The van der Waals surface area contributed by atoms with Gasteiger partial charge in [0.15, 0.2) is 5.41 Å². The van der Waals surface area contributed by atoms with Crippen molar-refractivity contribution in [2.75, 3.05) is 13.2 Å². The molecule has 23 heavy (non-hydrogen) atoms. The van der Waals surface area contributed by atoms with Gasteiger partial charge in [0.2, 0.25) is 0 Å². The Morgan fingerprint density at radius 3 is 1.87 bits per heavy atom. The topological polar surface area (TPSA) is 57.5 Å². The molecule has 0 aliphatic rings. The fraction of sp³-hybridized carbons (Fsp3) is 0.333. The van der Waals surface area contributed by atoms with E-state index < -0.39 is 17.4 Å². The Hall–Kier alpha value is -2.56. The maximum Gasteiger partial charge on any atom is 0.327 e. The van der Waals surface area contributed by atoms with E-state index in [9.17, 15) is 9.59 Å². The molecule has 0 saturated heterocycles. The van der Waals surface area contributed by atoms with Gasteiger partial charge in [-0.1, -0.05) is 12.1 Å². The van der Waals surface area contributed by atoms with Crippen molar-refractivity contribution in [3.05, 3.63) is 54.4 Å². The molecule has 0 atom stereocenters. The van der Waals surface area contributed by atoms with E-state index in [1.54, 1.807) is 26.0 Å². The average Bonchev–Trinajstić information content (AvgIpc) is 3.09. The van der Waals surface area contributed by atoms with Crippen molar-refractivity contribution in [1.29, 1.82) is 0 Å². The summed E-state index contributed by atoms with van der Waals surface area (Å²) < 4.78 is 12.1. The van der Waals surface area contributed by atoms with E-state index in [0.29, 0.717) is 5.56 Å². The van der Waals surface area contributed by atoms with E-state index in [2.05, 4.69) is 0 Å². The Kier molecular flexibility index (Phi) is 5.21. The molecule has 0 fully saturated rings. The van der Waals surface area contributed by atoms with Gasteiger partial charge in [-0.3, -0.25) is 9.59 Å². The van der Waals surface area contributed by atoms with Gasteiger partial charge in [0.05, 0.1) is 13.2 Å². The fourth-order valence-corrected chi connectivity index (χ4v) is 2.34. The van der Waals surface area contributed by atoms with Gasteiger partial charge in [0.1, 0.15) is 0 Å². The quantitative estimate of drug-likeness (QED) is 0.607. The molecule has 0 aliphatic heterocycles. The molecule has 0 aliphatic carbocycles. The van der Waals surface area contributed by atoms with Crippen molar-refractivity contribution in [1.82, 2.24) is 4.57 Å². The number of carbonyl (C=O) groups excluding carboxylic acids is 2. The number of hydrogen-bond donors (Lipinski definition) is 0. The van der Waals surface area contributed by atoms with Crippen LogP contribution in [0.5, 0.6) is 0 Å². The van der Waals surface area contributed by atoms with Crippen LogP contribution in [0.3, 0.4) is 0 Å². The van der Waals surface area contributed by atoms with E-state index in [1.165, 1.54) is 6.92 Å². The predicted molar refractivity (Wildman–Crippen MR) is 86.4 cm³/mol. The van der Waals surface area contributed by atoms with Crippen molar-refractivity contribution in [2.45, 2.75) is 26.2 Å². The lowest BCUT2D eigenvalue weighted by Gasteiger charge is -2.25. The molecule has 2 rings (SSSR count). The van der Waals surface area contributed by atoms with Crippen LogP contribution in [0, 0.1) is 0 Å². The van der Waals surface area contributed by atoms with Crippen LogP contribution in [-0.2, 0) is 24.5 Å². The van der Waals surface area contributed by atoms with Gasteiger partial charge in [-0.15, -0.1) is 0 Å². The summed E-state index contributed by atoms with van der Waals surface area (Å²) in [5.41, 5.74) is 0.0143. The first-order chi connectivity index (χ1) is 11.0. The molecule has 0 saturated carbocycles. The zero-order chi connectivity index (χ0) is 16.9. The molecule has 1 heterocycles. The van der Waals surface area contributed by atoms with Crippen LogP contribution in [0.4, 0.5) is 0 Å². The summed E-state index contributed by atoms with van der Waals surface area (Å²) in [7, 11) is 0. The zero-order valence-electron chi connectivity index (χ0n) is 13.6. The van der Waals surface area contributed by atoms with E-state index in [0.717, 1.165) is 5.69 Å². The fourth-order valence-electron chi connectivity index (χ4n) is 2.34. The molecule has 5 heteroatoms. The van der Waals surface area contributed by atoms with E-state index in [-0.39, 0.29) is 13.2 Å². The van der Waals surface area contributed by atoms with Crippen molar-refractivity contribution in [3.8, 4) is 5.69 Å². The number of carbonyl (C=O) groups is 2. The molecule has 0 N–H and O–H groups in total. The lowest BCUT2D eigenvalue weighted by atomic mass is 9.82. The molecular formula is C18H21NO4. The van der Waals surface area contributed by atoms with Crippen molar-refractivity contribution < 1.29 is 19.1 Å². The molecular weight excluding hydrogens is 294 g/mol. The first-order valence-electron chi connectivity index (χ1n) is 7.62. The van der Waals surface area contributed by atoms with Crippen LogP contribution >= 0.6 is 0 Å². The second kappa shape index (κ2) is 7.13. The number of benzene rings is 1. The molecule has 122 valence electrons. The highest BCUT2D eigenvalue weighted by molar-refractivity contribution is 6.05. The van der Waals surface area contributed by atoms with Crippen LogP contribution < -0.4 is 0 Å². The minimum absolute atomic E-state index is 0.204. The summed E-state index contributed by atoms with van der Waals surface area (Å²) in [5.74, 6) is -1.21. The maximum absolute atomic E-state index is 12.4. The molecule has 5 nitrogen and oxygen atoms in total. The Bertz CT molecular complexity index is 641. The minimum atomic E-state index is -1.47. The first kappa shape index (κ1) is 16.8. The number of aromatic nitrogens is 1. The predicted octanol–water partition coefficient (Wildman–Crippen LogP) is 2.86. The molecule has 1 aromatic heterocycles. The van der Waals surface area contributed by atoms with Gasteiger partial charge < -0.3 is 14.0 Å². The Balaban J connectivity index is 2.39. The van der Waals surface area contributed by atoms with Crippen molar-refractivity contribution >= 4 is 11.9 Å². The van der Waals surface area contributed by atoms with Gasteiger partial charge in [-0.25, -0.2) is 0 Å². The molecule has 0 bridgehead atoms. The minimum Gasteiger partial charge on any atom is -0.465 e. The zero-order valence-corrected chi connectivity index (χ0v) is 13.6. The summed E-state index contributed by atoms with van der Waals surface area (Å²) in [6.45, 7) is 5.36. The smallest absolute Gasteiger partial charge is 0.327 e. The largest absolute Gasteiger partial charge is 0.465 e. The monoisotopic (exact) mass is 315 g/mol. The Labute approximate surface area is 135 Å². The standard InChI is InChI=1S/C18H21NO4/c1-4-22-16(20)18(3,17(21)23-5-2)14-8-10-15(11-9-14)19-12-6-7-13-19/h6-13H,4-5H2,1-3H3. The number of rotatable bonds is 6. The maximum atomic E-state index is 12.4. The summed E-state index contributed by atoms with van der Waals surface area (Å²) in [6, 6.07) is 11.1. The number of esters is 2. The van der Waals surface area contributed by atoms with Gasteiger partial charge in [0.25, 0.3) is 0 Å². The van der Waals surface area contributed by atoms with Crippen LogP contribution in [0.25, 0.3) is 5.69 Å². The van der Waals surface area contributed by atoms with Gasteiger partial charge in [-0.05, 0) is 50.6 Å². The SMILES string of the molecule is CCOC(=O)C(C)(C(=O)OCC)c1ccc(-n2cccc2)cc1. The molecule has 0 radical (unpaired) electrons.